The van der Waals surface area contributed by atoms with E-state index < -0.39 is 17.5 Å². The summed E-state index contributed by atoms with van der Waals surface area (Å²) in [6.45, 7) is 6.95. The van der Waals surface area contributed by atoms with Crippen LogP contribution in [0.15, 0.2) is 16.6 Å². The van der Waals surface area contributed by atoms with Gasteiger partial charge in [-0.05, 0) is 45.7 Å². The average Bonchev–Trinajstić information content (AvgIpc) is 2.51. The molecule has 0 radical (unpaired) electrons. The molecule has 0 saturated heterocycles. The summed E-state index contributed by atoms with van der Waals surface area (Å²) in [7, 11) is 0. The molecule has 0 aliphatic carbocycles. The monoisotopic (exact) mass is 433 g/mol. The predicted octanol–water partition coefficient (Wildman–Crippen LogP) is 4.10. The van der Waals surface area contributed by atoms with Crippen molar-refractivity contribution in [3.8, 4) is 5.75 Å². The van der Waals surface area contributed by atoms with Gasteiger partial charge in [0.2, 0.25) is 0 Å². The van der Waals surface area contributed by atoms with Crippen LogP contribution in [0.4, 0.5) is 9.18 Å². The highest BCUT2D eigenvalue weighted by atomic mass is 79.9. The molecule has 1 aromatic rings. The molecule has 26 heavy (non-hydrogen) atoms. The predicted molar refractivity (Wildman–Crippen MR) is 99.3 cm³/mol. The average molecular weight is 434 g/mol. The molecular formula is C18H25BrFNO5. The Morgan fingerprint density at radius 1 is 1.23 bits per heavy atom. The van der Waals surface area contributed by atoms with Gasteiger partial charge in [0.1, 0.15) is 23.8 Å². The topological polar surface area (TPSA) is 73.9 Å². The number of hydrogen-bond acceptors (Lipinski definition) is 5. The fraction of sp³-hybridized carbons (Fsp3) is 0.556. The second kappa shape index (κ2) is 11.1. The molecule has 1 amide bonds. The standard InChI is InChI=1S/C18H25BrFNO5/c1-18(2,3)26-17(23)21-6-4-5-7-24-8-9-25-16-11-13(19)10-15(20)14(16)12-22/h10-12H,4-9H2,1-3H3,(H,21,23). The summed E-state index contributed by atoms with van der Waals surface area (Å²) in [4.78, 5) is 22.3. The third kappa shape index (κ3) is 9.15. The van der Waals surface area contributed by atoms with Gasteiger partial charge in [-0.25, -0.2) is 9.18 Å². The molecule has 0 fully saturated rings. The third-order valence-corrected chi connectivity index (χ3v) is 3.50. The van der Waals surface area contributed by atoms with E-state index in [1.165, 1.54) is 12.1 Å². The molecule has 0 aliphatic heterocycles. The normalized spacial score (nSPS) is 11.1. The smallest absolute Gasteiger partial charge is 0.407 e. The van der Waals surface area contributed by atoms with Crippen molar-refractivity contribution in [3.05, 3.63) is 28.0 Å². The van der Waals surface area contributed by atoms with E-state index in [1.807, 2.05) is 20.8 Å². The number of unbranched alkanes of at least 4 members (excludes halogenated alkanes) is 1. The highest BCUT2D eigenvalue weighted by molar-refractivity contribution is 9.10. The molecule has 0 heterocycles. The van der Waals surface area contributed by atoms with Gasteiger partial charge < -0.3 is 19.5 Å². The molecule has 1 aromatic carbocycles. The van der Waals surface area contributed by atoms with Gasteiger partial charge in [0, 0.05) is 17.6 Å². The van der Waals surface area contributed by atoms with Gasteiger partial charge in [-0.3, -0.25) is 4.79 Å². The number of alkyl carbamates (subject to hydrolysis) is 1. The molecule has 0 saturated carbocycles. The lowest BCUT2D eigenvalue weighted by atomic mass is 10.2. The maximum atomic E-state index is 13.6. The molecule has 0 atom stereocenters. The zero-order chi connectivity index (χ0) is 19.6. The van der Waals surface area contributed by atoms with Crippen molar-refractivity contribution in [1.82, 2.24) is 5.32 Å². The second-order valence-corrected chi connectivity index (χ2v) is 7.43. The molecule has 0 aromatic heterocycles. The van der Waals surface area contributed by atoms with Gasteiger partial charge in [0.05, 0.1) is 12.2 Å². The van der Waals surface area contributed by atoms with E-state index in [0.717, 1.165) is 12.8 Å². The number of hydrogen-bond donors (Lipinski definition) is 1. The fourth-order valence-electron chi connectivity index (χ4n) is 1.94. The van der Waals surface area contributed by atoms with Gasteiger partial charge in [0.15, 0.2) is 6.29 Å². The van der Waals surface area contributed by atoms with Gasteiger partial charge in [-0.15, -0.1) is 0 Å². The first-order valence-electron chi connectivity index (χ1n) is 8.34. The summed E-state index contributed by atoms with van der Waals surface area (Å²) in [5.74, 6) is -0.459. The molecule has 6 nitrogen and oxygen atoms in total. The van der Waals surface area contributed by atoms with Crippen molar-refractivity contribution >= 4 is 28.3 Å². The van der Waals surface area contributed by atoms with Crippen LogP contribution in [0.25, 0.3) is 0 Å². The second-order valence-electron chi connectivity index (χ2n) is 6.51. The number of nitrogens with one attached hydrogen (secondary N) is 1. The van der Waals surface area contributed by atoms with Crippen LogP contribution < -0.4 is 10.1 Å². The number of carbonyl (C=O) groups excluding carboxylic acids is 2. The van der Waals surface area contributed by atoms with Crippen LogP contribution in [0.1, 0.15) is 44.0 Å². The van der Waals surface area contributed by atoms with Gasteiger partial charge >= 0.3 is 6.09 Å². The number of carbonyl (C=O) groups is 2. The SMILES string of the molecule is CC(C)(C)OC(=O)NCCCCOCCOc1cc(Br)cc(F)c1C=O. The Morgan fingerprint density at radius 3 is 2.62 bits per heavy atom. The highest BCUT2D eigenvalue weighted by Crippen LogP contribution is 2.25. The van der Waals surface area contributed by atoms with Gasteiger partial charge in [-0.2, -0.15) is 0 Å². The molecule has 146 valence electrons. The first-order chi connectivity index (χ1) is 12.2. The summed E-state index contributed by atoms with van der Waals surface area (Å²) in [5, 5.41) is 2.67. The molecule has 0 unspecified atom stereocenters. The van der Waals surface area contributed by atoms with Crippen molar-refractivity contribution in [2.45, 2.75) is 39.2 Å². The maximum absolute atomic E-state index is 13.6. The van der Waals surface area contributed by atoms with Crippen molar-refractivity contribution < 1.29 is 28.2 Å². The van der Waals surface area contributed by atoms with E-state index in [9.17, 15) is 14.0 Å². The first kappa shape index (κ1) is 22.4. The van der Waals surface area contributed by atoms with Crippen molar-refractivity contribution in [2.75, 3.05) is 26.4 Å². The number of ether oxygens (including phenoxy) is 3. The third-order valence-electron chi connectivity index (χ3n) is 3.04. The Labute approximate surface area is 161 Å². The van der Waals surface area contributed by atoms with Crippen LogP contribution >= 0.6 is 15.9 Å². The Kier molecular flexibility index (Phi) is 9.58. The number of amides is 1. The number of aldehydes is 1. The molecule has 1 N–H and O–H groups in total. The lowest BCUT2D eigenvalue weighted by molar-refractivity contribution is 0.0523. The van der Waals surface area contributed by atoms with Crippen LogP contribution in [0.5, 0.6) is 5.75 Å². The summed E-state index contributed by atoms with van der Waals surface area (Å²) in [5.41, 5.74) is -0.616. The maximum Gasteiger partial charge on any atom is 0.407 e. The molecule has 0 bridgehead atoms. The molecule has 0 aliphatic rings. The zero-order valence-electron chi connectivity index (χ0n) is 15.3. The number of rotatable bonds is 10. The molecule has 8 heteroatoms. The van der Waals surface area contributed by atoms with Gasteiger partial charge in [-0.1, -0.05) is 15.9 Å². The zero-order valence-corrected chi connectivity index (χ0v) is 16.9. The molecule has 1 rings (SSSR count). The number of halogens is 2. The lowest BCUT2D eigenvalue weighted by Crippen LogP contribution is -2.33. The molecular weight excluding hydrogens is 409 g/mol. The van der Waals surface area contributed by atoms with Crippen LogP contribution in [0.3, 0.4) is 0 Å². The van der Waals surface area contributed by atoms with E-state index >= 15 is 0 Å². The Bertz CT molecular complexity index is 604. The van der Waals surface area contributed by atoms with Crippen LogP contribution in [-0.2, 0) is 9.47 Å². The fourth-order valence-corrected chi connectivity index (χ4v) is 2.35. The summed E-state index contributed by atoms with van der Waals surface area (Å²) >= 11 is 3.15. The van der Waals surface area contributed by atoms with E-state index in [-0.39, 0.29) is 17.9 Å². The summed E-state index contributed by atoms with van der Waals surface area (Å²) < 4.78 is 30.0. The van der Waals surface area contributed by atoms with Crippen molar-refractivity contribution in [1.29, 1.82) is 0 Å². The quantitative estimate of drug-likeness (QED) is 0.444. The minimum atomic E-state index is -0.636. The summed E-state index contributed by atoms with van der Waals surface area (Å²) in [6, 6.07) is 2.74. The van der Waals surface area contributed by atoms with Crippen molar-refractivity contribution in [2.24, 2.45) is 0 Å². The highest BCUT2D eigenvalue weighted by Gasteiger charge is 2.15. The molecule has 0 spiro atoms. The lowest BCUT2D eigenvalue weighted by Gasteiger charge is -2.19. The van der Waals surface area contributed by atoms with Crippen LogP contribution in [-0.4, -0.2) is 44.3 Å². The van der Waals surface area contributed by atoms with E-state index in [0.29, 0.717) is 30.5 Å². The van der Waals surface area contributed by atoms with Crippen LogP contribution in [0, 0.1) is 5.82 Å². The van der Waals surface area contributed by atoms with Gasteiger partial charge in [0.25, 0.3) is 0 Å². The summed E-state index contributed by atoms with van der Waals surface area (Å²) in [6.07, 6.45) is 1.52. The first-order valence-corrected chi connectivity index (χ1v) is 9.14. The minimum Gasteiger partial charge on any atom is -0.490 e. The minimum absolute atomic E-state index is 0.110. The Balaban J connectivity index is 2.12. The number of benzene rings is 1. The Morgan fingerprint density at radius 2 is 1.96 bits per heavy atom. The van der Waals surface area contributed by atoms with Crippen molar-refractivity contribution in [3.63, 3.8) is 0 Å². The van der Waals surface area contributed by atoms with E-state index in [1.54, 1.807) is 0 Å². The van der Waals surface area contributed by atoms with Crippen LogP contribution in [0.2, 0.25) is 0 Å². The largest absolute Gasteiger partial charge is 0.490 e. The Hall–Kier alpha value is -1.67. The van der Waals surface area contributed by atoms with E-state index in [2.05, 4.69) is 21.2 Å². The van der Waals surface area contributed by atoms with E-state index in [4.69, 9.17) is 14.2 Å².